The smallest absolute Gasteiger partial charge is 0.243 e. The van der Waals surface area contributed by atoms with E-state index in [9.17, 15) is 24.0 Å². The minimum Gasteiger partial charge on any atom is -0.370 e. The maximum Gasteiger partial charge on any atom is 0.243 e. The van der Waals surface area contributed by atoms with E-state index in [0.29, 0.717) is 38.5 Å². The number of nitrogens with two attached hydrogens (primary N) is 5. The fraction of sp³-hybridized carbons (Fsp3) is 0.727. The van der Waals surface area contributed by atoms with Crippen LogP contribution in [0, 0.1) is 5.92 Å². The molecule has 0 aromatic rings. The number of nitrogens with zero attached hydrogens (tertiary/aromatic N) is 1. The second kappa shape index (κ2) is 18.1. The minimum absolute atomic E-state index is 0.101. The van der Waals surface area contributed by atoms with Crippen molar-refractivity contribution in [1.29, 1.82) is 0 Å². The van der Waals surface area contributed by atoms with Crippen molar-refractivity contribution in [2.75, 3.05) is 13.1 Å². The lowest BCUT2D eigenvalue weighted by molar-refractivity contribution is -0.133. The van der Waals surface area contributed by atoms with Gasteiger partial charge in [0.1, 0.15) is 18.4 Å². The third-order valence-electron chi connectivity index (χ3n) is 5.63. The average Bonchev–Trinajstić information content (AvgIpc) is 2.82. The summed E-state index contributed by atoms with van der Waals surface area (Å²) in [5, 5.41) is 7.69. The molecule has 0 rings (SSSR count). The van der Waals surface area contributed by atoms with Crippen molar-refractivity contribution in [3.8, 4) is 0 Å². The maximum atomic E-state index is 13.1. The Kier molecular flexibility index (Phi) is 16.4. The highest BCUT2D eigenvalue weighted by atomic mass is 16.2. The molecular weight excluding hydrogens is 470 g/mol. The minimum atomic E-state index is -1.13. The van der Waals surface area contributed by atoms with Crippen LogP contribution >= 0.6 is 0 Å². The first-order valence-electron chi connectivity index (χ1n) is 12.1. The highest BCUT2D eigenvalue weighted by Gasteiger charge is 2.29. The molecule has 5 atom stereocenters. The van der Waals surface area contributed by atoms with Crippen molar-refractivity contribution in [3.63, 3.8) is 0 Å². The number of aliphatic imine (C=N–C) groups is 1. The first kappa shape index (κ1) is 32.7. The maximum absolute atomic E-state index is 13.1. The number of hydrogen-bond donors (Lipinski definition) is 8. The van der Waals surface area contributed by atoms with Crippen LogP contribution < -0.4 is 44.6 Å². The lowest BCUT2D eigenvalue weighted by atomic mass is 9.98. The molecule has 0 aliphatic carbocycles. The van der Waals surface area contributed by atoms with Crippen molar-refractivity contribution >= 4 is 35.9 Å². The van der Waals surface area contributed by atoms with Gasteiger partial charge in [-0.3, -0.25) is 24.2 Å². The van der Waals surface area contributed by atoms with Crippen LogP contribution in [0.5, 0.6) is 0 Å². The lowest BCUT2D eigenvalue weighted by Gasteiger charge is -2.26. The Morgan fingerprint density at radius 1 is 0.889 bits per heavy atom. The van der Waals surface area contributed by atoms with E-state index in [1.165, 1.54) is 0 Å². The van der Waals surface area contributed by atoms with Gasteiger partial charge in [0.2, 0.25) is 23.6 Å². The quantitative estimate of drug-likeness (QED) is 0.0379. The van der Waals surface area contributed by atoms with E-state index in [2.05, 4.69) is 20.9 Å². The molecule has 0 aliphatic heterocycles. The lowest BCUT2D eigenvalue weighted by Crippen LogP contribution is -2.57. The fourth-order valence-electron chi connectivity index (χ4n) is 3.22. The molecule has 14 heteroatoms. The van der Waals surface area contributed by atoms with Crippen LogP contribution in [0.4, 0.5) is 0 Å². The number of carbonyl (C=O) groups excluding carboxylic acids is 5. The Morgan fingerprint density at radius 3 is 1.94 bits per heavy atom. The standard InChI is InChI=1S/C22H43N9O5/c1-3-13(2)18(25)21(36)31-16(8-6-10-28-22(26)27)20(35)30-15(7-4-5-9-23)19(34)29-14(12-32)11-17(24)33/h12-16,18H,3-11,23,25H2,1-2H3,(H2,24,33)(H,29,34)(H,30,35)(H,31,36)(H4,26,27,28)/t13-,14-,15-,16-,18-/m0/s1. The number of amides is 4. The Morgan fingerprint density at radius 2 is 1.44 bits per heavy atom. The molecule has 0 spiro atoms. The van der Waals surface area contributed by atoms with Crippen LogP contribution in [0.1, 0.15) is 58.8 Å². The Hall–Kier alpha value is -3.26. The van der Waals surface area contributed by atoms with Gasteiger partial charge < -0.3 is 49.4 Å². The van der Waals surface area contributed by atoms with Crippen LogP contribution in [-0.4, -0.2) is 73.1 Å². The van der Waals surface area contributed by atoms with Crippen molar-refractivity contribution in [2.24, 2.45) is 39.6 Å². The molecule has 14 nitrogen and oxygen atoms in total. The average molecular weight is 514 g/mol. The molecular formula is C22H43N9O5. The molecule has 0 unspecified atom stereocenters. The molecule has 0 aromatic heterocycles. The van der Waals surface area contributed by atoms with Crippen molar-refractivity contribution < 1.29 is 24.0 Å². The van der Waals surface area contributed by atoms with E-state index in [1.807, 2.05) is 13.8 Å². The highest BCUT2D eigenvalue weighted by molar-refractivity contribution is 5.94. The molecule has 0 saturated carbocycles. The number of guanidine groups is 1. The molecule has 0 saturated heterocycles. The summed E-state index contributed by atoms with van der Waals surface area (Å²) in [7, 11) is 0. The van der Waals surface area contributed by atoms with Gasteiger partial charge in [-0.15, -0.1) is 0 Å². The molecule has 0 aliphatic rings. The summed E-state index contributed by atoms with van der Waals surface area (Å²) in [4.78, 5) is 64.9. The molecule has 206 valence electrons. The van der Waals surface area contributed by atoms with Crippen LogP contribution in [0.15, 0.2) is 4.99 Å². The first-order chi connectivity index (χ1) is 17.0. The van der Waals surface area contributed by atoms with Crippen LogP contribution in [0.25, 0.3) is 0 Å². The van der Waals surface area contributed by atoms with Crippen molar-refractivity contribution in [1.82, 2.24) is 16.0 Å². The van der Waals surface area contributed by atoms with E-state index in [-0.39, 0.29) is 37.7 Å². The van der Waals surface area contributed by atoms with E-state index >= 15 is 0 Å². The SMILES string of the molecule is CC[C@H](C)[C@H](N)C(=O)N[C@@H](CCCN=C(N)N)C(=O)N[C@@H](CCCCN)C(=O)N[C@H](C=O)CC(N)=O. The number of hydrogen-bond acceptors (Lipinski definition) is 8. The first-order valence-corrected chi connectivity index (χ1v) is 12.1. The number of carbonyl (C=O) groups is 5. The Labute approximate surface area is 211 Å². The molecule has 0 bridgehead atoms. The van der Waals surface area contributed by atoms with Crippen LogP contribution in [0.3, 0.4) is 0 Å². The van der Waals surface area contributed by atoms with E-state index in [4.69, 9.17) is 28.7 Å². The number of aldehydes is 1. The molecule has 0 heterocycles. The molecule has 0 radical (unpaired) electrons. The van der Waals surface area contributed by atoms with E-state index < -0.39 is 47.8 Å². The van der Waals surface area contributed by atoms with E-state index in [0.717, 1.165) is 0 Å². The third-order valence-corrected chi connectivity index (χ3v) is 5.63. The zero-order chi connectivity index (χ0) is 27.7. The topological polar surface area (TPSA) is 264 Å². The summed E-state index contributed by atoms with van der Waals surface area (Å²) in [6.07, 6.45) is 2.56. The number of unbranched alkanes of at least 4 members (excludes halogenated alkanes) is 1. The largest absolute Gasteiger partial charge is 0.370 e. The van der Waals surface area contributed by atoms with Gasteiger partial charge in [0.25, 0.3) is 0 Å². The van der Waals surface area contributed by atoms with Gasteiger partial charge in [0.15, 0.2) is 5.96 Å². The molecule has 13 N–H and O–H groups in total. The van der Waals surface area contributed by atoms with Gasteiger partial charge in [-0.25, -0.2) is 0 Å². The summed E-state index contributed by atoms with van der Waals surface area (Å²) < 4.78 is 0. The number of primary amides is 1. The highest BCUT2D eigenvalue weighted by Crippen LogP contribution is 2.08. The molecule has 0 fully saturated rings. The van der Waals surface area contributed by atoms with Gasteiger partial charge in [-0.1, -0.05) is 20.3 Å². The van der Waals surface area contributed by atoms with Crippen LogP contribution in [-0.2, 0) is 24.0 Å². The fourth-order valence-corrected chi connectivity index (χ4v) is 3.22. The van der Waals surface area contributed by atoms with Gasteiger partial charge in [-0.2, -0.15) is 0 Å². The van der Waals surface area contributed by atoms with Crippen molar-refractivity contribution in [2.45, 2.75) is 83.0 Å². The summed E-state index contributed by atoms with van der Waals surface area (Å²) >= 11 is 0. The number of rotatable bonds is 19. The van der Waals surface area contributed by atoms with Gasteiger partial charge >= 0.3 is 0 Å². The summed E-state index contributed by atoms with van der Waals surface area (Å²) in [6, 6.07) is -4.01. The molecule has 4 amide bonds. The molecule has 0 aromatic carbocycles. The van der Waals surface area contributed by atoms with Gasteiger partial charge in [0.05, 0.1) is 18.5 Å². The second-order valence-electron chi connectivity index (χ2n) is 8.69. The third kappa shape index (κ3) is 13.6. The van der Waals surface area contributed by atoms with Crippen molar-refractivity contribution in [3.05, 3.63) is 0 Å². The predicted octanol–water partition coefficient (Wildman–Crippen LogP) is -2.93. The monoisotopic (exact) mass is 513 g/mol. The Balaban J connectivity index is 5.59. The van der Waals surface area contributed by atoms with Gasteiger partial charge in [0, 0.05) is 6.54 Å². The summed E-state index contributed by atoms with van der Waals surface area (Å²) in [5.74, 6) is -2.77. The predicted molar refractivity (Wildman–Crippen MR) is 136 cm³/mol. The molecule has 36 heavy (non-hydrogen) atoms. The normalized spacial score (nSPS) is 14.9. The zero-order valence-electron chi connectivity index (χ0n) is 21.2. The summed E-state index contributed by atoms with van der Waals surface area (Å²) in [6.45, 7) is 4.34. The van der Waals surface area contributed by atoms with Crippen LogP contribution in [0.2, 0.25) is 0 Å². The van der Waals surface area contributed by atoms with Gasteiger partial charge in [-0.05, 0) is 44.6 Å². The van der Waals surface area contributed by atoms with E-state index in [1.54, 1.807) is 0 Å². The number of nitrogens with one attached hydrogen (secondary N) is 3. The zero-order valence-corrected chi connectivity index (χ0v) is 21.2. The summed E-state index contributed by atoms with van der Waals surface area (Å²) in [5.41, 5.74) is 27.3. The second-order valence-corrected chi connectivity index (χ2v) is 8.69. The Bertz CT molecular complexity index is 758.